The molecular weight excluding hydrogens is 1050 g/mol. The molecule has 0 radical (unpaired) electrons. The van der Waals surface area contributed by atoms with Crippen molar-refractivity contribution in [3.8, 4) is 11.5 Å². The van der Waals surface area contributed by atoms with Crippen molar-refractivity contribution in [1.82, 2.24) is 5.32 Å². The smallest absolute Gasteiger partial charge is 0.407 e. The van der Waals surface area contributed by atoms with Gasteiger partial charge in [0.05, 0.1) is 124 Å². The third-order valence-electron chi connectivity index (χ3n) is 11.7. The molecule has 17 nitrogen and oxygen atoms in total. The SMILES string of the molecule is CCCCCCCCCCCCOc1cc(OCCCCCCCCCCCC)cc(C(=O)OCCSSCCOC(=O)NCCCOCCOCCOCCOCCOCCOCCOCCP(=O)(OCC)OCC)c1. The van der Waals surface area contributed by atoms with Crippen LogP contribution in [0.3, 0.4) is 0 Å². The summed E-state index contributed by atoms with van der Waals surface area (Å²) in [5.41, 5.74) is 0.432. The molecule has 20 heteroatoms. The minimum atomic E-state index is -3.07. The maximum atomic E-state index is 13.2. The summed E-state index contributed by atoms with van der Waals surface area (Å²) < 4.78 is 84.6. The summed E-state index contributed by atoms with van der Waals surface area (Å²) in [6.45, 7) is 17.1. The molecule has 0 aliphatic heterocycles. The van der Waals surface area contributed by atoms with Crippen LogP contribution in [0.1, 0.15) is 173 Å². The number of hydrogen-bond acceptors (Lipinski definition) is 18. The Morgan fingerprint density at radius 1 is 0.416 bits per heavy atom. The normalized spacial score (nSPS) is 11.6. The van der Waals surface area contributed by atoms with Gasteiger partial charge in [-0.15, -0.1) is 0 Å². The van der Waals surface area contributed by atoms with Gasteiger partial charge in [-0.3, -0.25) is 4.57 Å². The molecule has 0 aliphatic carbocycles. The van der Waals surface area contributed by atoms with Crippen molar-refractivity contribution in [3.63, 3.8) is 0 Å². The third kappa shape index (κ3) is 49.7. The Kier molecular flexibility index (Phi) is 54.5. The van der Waals surface area contributed by atoms with Crippen LogP contribution >= 0.6 is 29.2 Å². The lowest BCUT2D eigenvalue weighted by atomic mass is 10.1. The van der Waals surface area contributed by atoms with Gasteiger partial charge in [0.15, 0.2) is 0 Å². The van der Waals surface area contributed by atoms with Gasteiger partial charge in [-0.05, 0) is 45.2 Å². The molecule has 0 unspecified atom stereocenters. The Morgan fingerprint density at radius 3 is 1.18 bits per heavy atom. The topological polar surface area (TPSA) is 183 Å². The molecule has 0 aliphatic rings. The van der Waals surface area contributed by atoms with Gasteiger partial charge in [-0.1, -0.05) is 151 Å². The number of nitrogens with one attached hydrogen (secondary N) is 1. The highest BCUT2D eigenvalue weighted by atomic mass is 33.1. The van der Waals surface area contributed by atoms with Crippen LogP contribution in [0.15, 0.2) is 18.2 Å². The summed E-state index contributed by atoms with van der Waals surface area (Å²) in [5, 5.41) is 2.74. The number of carbonyl (C=O) groups excluding carboxylic acids is 2. The Bertz CT molecular complexity index is 1450. The second-order valence-corrected chi connectivity index (χ2v) is 23.3. The van der Waals surface area contributed by atoms with Gasteiger partial charge in [0.25, 0.3) is 0 Å². The number of ether oxygens (including phenoxy) is 11. The van der Waals surface area contributed by atoms with E-state index in [1.807, 2.05) is 6.07 Å². The lowest BCUT2D eigenvalue weighted by Gasteiger charge is -2.16. The van der Waals surface area contributed by atoms with Crippen LogP contribution < -0.4 is 14.8 Å². The Morgan fingerprint density at radius 2 is 0.779 bits per heavy atom. The molecule has 77 heavy (non-hydrogen) atoms. The number of esters is 1. The molecule has 1 N–H and O–H groups in total. The van der Waals surface area contributed by atoms with Crippen molar-refractivity contribution in [2.45, 2.75) is 163 Å². The van der Waals surface area contributed by atoms with Crippen molar-refractivity contribution in [3.05, 3.63) is 23.8 Å². The standard InChI is InChI=1S/C57H106NO16PS2/c1-5-9-11-13-15-17-19-21-23-25-30-69-54-50-53(51-55(52-54)70-31-26-24-22-20-18-16-14-12-10-6-2)56(59)71-45-48-76-77-49-46-72-57(60)58-28-27-29-62-32-33-63-34-35-64-36-37-65-38-39-66-40-41-67-42-43-68-44-47-75(61,73-7-3)74-8-4/h50-52H,5-49H2,1-4H3,(H,58,60). The molecule has 0 atom stereocenters. The van der Waals surface area contributed by atoms with Crippen LogP contribution in [0.4, 0.5) is 4.79 Å². The highest BCUT2D eigenvalue weighted by Crippen LogP contribution is 2.47. The number of unbranched alkanes of at least 4 members (excludes halogenated alkanes) is 18. The predicted octanol–water partition coefficient (Wildman–Crippen LogP) is 13.3. The van der Waals surface area contributed by atoms with E-state index in [0.29, 0.717) is 154 Å². The fourth-order valence-electron chi connectivity index (χ4n) is 7.53. The van der Waals surface area contributed by atoms with E-state index in [4.69, 9.17) is 61.2 Å². The maximum Gasteiger partial charge on any atom is 0.407 e. The second kappa shape index (κ2) is 57.4. The third-order valence-corrected chi connectivity index (χ3v) is 16.0. The molecule has 1 aromatic carbocycles. The lowest BCUT2D eigenvalue weighted by Crippen LogP contribution is -2.26. The molecule has 0 aromatic heterocycles. The fourth-order valence-corrected chi connectivity index (χ4v) is 10.7. The number of hydrogen-bond donors (Lipinski definition) is 1. The van der Waals surface area contributed by atoms with Crippen LogP contribution in [-0.4, -0.2) is 168 Å². The van der Waals surface area contributed by atoms with Gasteiger partial charge in [-0.25, -0.2) is 9.59 Å². The van der Waals surface area contributed by atoms with Gasteiger partial charge < -0.3 is 66.5 Å². The molecule has 452 valence electrons. The fraction of sp³-hybridized carbons (Fsp3) is 0.860. The van der Waals surface area contributed by atoms with Crippen molar-refractivity contribution in [2.24, 2.45) is 0 Å². The molecule has 1 aromatic rings. The van der Waals surface area contributed by atoms with E-state index in [9.17, 15) is 14.2 Å². The zero-order chi connectivity index (χ0) is 55.6. The van der Waals surface area contributed by atoms with Gasteiger partial charge in [0.2, 0.25) is 0 Å². The molecule has 0 heterocycles. The molecular formula is C57H106NO16PS2. The van der Waals surface area contributed by atoms with Crippen LogP contribution in [-0.2, 0) is 56.2 Å². The minimum Gasteiger partial charge on any atom is -0.493 e. The minimum absolute atomic E-state index is 0.219. The number of rotatable bonds is 61. The quantitative estimate of drug-likeness (QED) is 0.0281. The summed E-state index contributed by atoms with van der Waals surface area (Å²) >= 11 is 0. The van der Waals surface area contributed by atoms with Crippen LogP contribution in [0.25, 0.3) is 0 Å². The first-order chi connectivity index (χ1) is 37.9. The Balaban J connectivity index is 2.05. The molecule has 1 rings (SSSR count). The van der Waals surface area contributed by atoms with Crippen LogP contribution in [0, 0.1) is 0 Å². The van der Waals surface area contributed by atoms with Gasteiger partial charge in [0.1, 0.15) is 24.7 Å². The molecule has 0 fully saturated rings. The molecule has 0 bridgehead atoms. The highest BCUT2D eigenvalue weighted by molar-refractivity contribution is 8.76. The Hall–Kier alpha value is -1.87. The summed E-state index contributed by atoms with van der Waals surface area (Å²) in [4.78, 5) is 25.2. The zero-order valence-electron chi connectivity index (χ0n) is 48.3. The molecule has 0 saturated carbocycles. The van der Waals surface area contributed by atoms with E-state index in [2.05, 4.69) is 19.2 Å². The molecule has 0 saturated heterocycles. The Labute approximate surface area is 474 Å². The van der Waals surface area contributed by atoms with Crippen LogP contribution in [0.5, 0.6) is 11.5 Å². The monoisotopic (exact) mass is 1160 g/mol. The van der Waals surface area contributed by atoms with Crippen LogP contribution in [0.2, 0.25) is 0 Å². The number of amides is 1. The van der Waals surface area contributed by atoms with E-state index in [-0.39, 0.29) is 26.0 Å². The number of benzene rings is 1. The first-order valence-corrected chi connectivity index (χ1v) is 33.7. The summed E-state index contributed by atoms with van der Waals surface area (Å²) in [6, 6.07) is 5.42. The summed E-state index contributed by atoms with van der Waals surface area (Å²) in [6.07, 6.45) is 25.7. The van der Waals surface area contributed by atoms with E-state index in [1.165, 1.54) is 103 Å². The molecule has 1 amide bonds. The average Bonchev–Trinajstić information content (AvgIpc) is 3.42. The highest BCUT2D eigenvalue weighted by Gasteiger charge is 2.23. The number of carbonyl (C=O) groups is 2. The first kappa shape index (κ1) is 73.1. The van der Waals surface area contributed by atoms with Crippen molar-refractivity contribution in [1.29, 1.82) is 0 Å². The van der Waals surface area contributed by atoms with Crippen molar-refractivity contribution < 1.29 is 75.3 Å². The van der Waals surface area contributed by atoms with Gasteiger partial charge in [-0.2, -0.15) is 0 Å². The molecule has 0 spiro atoms. The summed E-state index contributed by atoms with van der Waals surface area (Å²) in [5.74, 6) is 2.09. The van der Waals surface area contributed by atoms with E-state index in [1.54, 1.807) is 47.6 Å². The largest absolute Gasteiger partial charge is 0.493 e. The second-order valence-electron chi connectivity index (χ2n) is 18.4. The van der Waals surface area contributed by atoms with E-state index < -0.39 is 19.7 Å². The van der Waals surface area contributed by atoms with E-state index >= 15 is 0 Å². The zero-order valence-corrected chi connectivity index (χ0v) is 50.9. The lowest BCUT2D eigenvalue weighted by molar-refractivity contribution is -0.0202. The number of alkyl carbamates (subject to hydrolysis) is 1. The first-order valence-electron chi connectivity index (χ1n) is 29.5. The van der Waals surface area contributed by atoms with Gasteiger partial charge >= 0.3 is 19.7 Å². The predicted molar refractivity (Wildman–Crippen MR) is 312 cm³/mol. The summed E-state index contributed by atoms with van der Waals surface area (Å²) in [7, 11) is 0.0548. The maximum absolute atomic E-state index is 13.2. The van der Waals surface area contributed by atoms with Crippen molar-refractivity contribution in [2.75, 3.05) is 156 Å². The average molecular weight is 1160 g/mol. The van der Waals surface area contributed by atoms with Gasteiger partial charge in [0, 0.05) is 30.7 Å². The van der Waals surface area contributed by atoms with E-state index in [0.717, 1.165) is 25.7 Å². The van der Waals surface area contributed by atoms with Crippen molar-refractivity contribution >= 4 is 41.2 Å².